The van der Waals surface area contributed by atoms with Gasteiger partial charge >= 0.3 is 0 Å². The number of hydrogen-bond donors (Lipinski definition) is 4. The lowest BCUT2D eigenvalue weighted by Crippen LogP contribution is -2.28. The third-order valence-corrected chi connectivity index (χ3v) is 6.75. The number of amides is 1. The predicted octanol–water partition coefficient (Wildman–Crippen LogP) is 3.25. The Hall–Kier alpha value is -2.75. The highest BCUT2D eigenvalue weighted by Gasteiger charge is 2.29. The molecule has 4 N–H and O–H groups in total. The van der Waals surface area contributed by atoms with Crippen molar-refractivity contribution < 1.29 is 15.0 Å². The molecule has 1 amide bonds. The van der Waals surface area contributed by atoms with Crippen molar-refractivity contribution in [3.8, 4) is 0 Å². The number of β-amino-alcohol motifs (C(OH)–C–C–N with tert-alkyl or cyclic N) is 1. The minimum atomic E-state index is -0.604. The molecule has 162 valence electrons. The molecule has 0 bridgehead atoms. The van der Waals surface area contributed by atoms with E-state index in [0.29, 0.717) is 18.4 Å². The third kappa shape index (κ3) is 4.48. The van der Waals surface area contributed by atoms with E-state index in [0.717, 1.165) is 52.5 Å². The minimum absolute atomic E-state index is 0.0595. The fourth-order valence-electron chi connectivity index (χ4n) is 4.20. The largest absolute Gasteiger partial charge is 0.393 e. The Labute approximate surface area is 183 Å². The van der Waals surface area contributed by atoms with Gasteiger partial charge in [0.25, 0.3) is 0 Å². The number of benzene rings is 1. The smallest absolute Gasteiger partial charge is 0.229 e. The molecule has 1 aliphatic carbocycles. The van der Waals surface area contributed by atoms with Gasteiger partial charge in [0, 0.05) is 11.7 Å². The van der Waals surface area contributed by atoms with Crippen molar-refractivity contribution in [1.29, 1.82) is 0 Å². The highest BCUT2D eigenvalue weighted by Crippen LogP contribution is 2.32. The van der Waals surface area contributed by atoms with E-state index in [4.69, 9.17) is 0 Å². The number of hydrogen-bond acceptors (Lipinski definition) is 8. The molecule has 5 rings (SSSR count). The number of nitrogens with one attached hydrogen (secondary N) is 2. The molecule has 0 radical (unpaired) electrons. The highest BCUT2D eigenvalue weighted by molar-refractivity contribution is 7.22. The van der Waals surface area contributed by atoms with Gasteiger partial charge in [-0.25, -0.2) is 9.97 Å². The van der Waals surface area contributed by atoms with Crippen LogP contribution in [0.4, 0.5) is 22.5 Å². The summed E-state index contributed by atoms with van der Waals surface area (Å²) in [7, 11) is 0. The van der Waals surface area contributed by atoms with Crippen LogP contribution in [0.15, 0.2) is 36.4 Å². The molecule has 3 heterocycles. The first-order chi connectivity index (χ1) is 15.0. The van der Waals surface area contributed by atoms with E-state index >= 15 is 0 Å². The summed E-state index contributed by atoms with van der Waals surface area (Å²) in [5, 5.41) is 26.9. The van der Waals surface area contributed by atoms with Gasteiger partial charge in [0.2, 0.25) is 5.91 Å². The van der Waals surface area contributed by atoms with E-state index in [2.05, 4.69) is 20.6 Å². The number of carbonyl (C=O) groups is 1. The van der Waals surface area contributed by atoms with Gasteiger partial charge in [-0.1, -0.05) is 17.4 Å². The fraction of sp³-hybridized carbons (Fsp3) is 0.409. The Morgan fingerprint density at radius 1 is 1.00 bits per heavy atom. The van der Waals surface area contributed by atoms with E-state index in [1.807, 2.05) is 36.4 Å². The zero-order chi connectivity index (χ0) is 21.4. The third-order valence-electron chi connectivity index (χ3n) is 5.82. The lowest BCUT2D eigenvalue weighted by Gasteiger charge is -2.26. The number of aliphatic hydroxyl groups excluding tert-OH is 2. The van der Waals surface area contributed by atoms with Crippen LogP contribution in [0.25, 0.3) is 10.2 Å². The minimum Gasteiger partial charge on any atom is -0.393 e. The SMILES string of the molecule is O=C1C[C@H](O)CN1c1ccc2nc(Nc3cccc(NC4CCC(O)CC4)n3)sc2c1. The second-order valence-electron chi connectivity index (χ2n) is 8.22. The molecule has 3 aromatic rings. The van der Waals surface area contributed by atoms with Crippen LogP contribution in [0.5, 0.6) is 0 Å². The summed E-state index contributed by atoms with van der Waals surface area (Å²) in [6.07, 6.45) is 2.93. The normalized spacial score (nSPS) is 24.0. The molecule has 1 saturated carbocycles. The van der Waals surface area contributed by atoms with Crippen LogP contribution in [-0.4, -0.2) is 50.9 Å². The van der Waals surface area contributed by atoms with Crippen molar-refractivity contribution in [3.05, 3.63) is 36.4 Å². The summed E-state index contributed by atoms with van der Waals surface area (Å²) in [6, 6.07) is 11.8. The van der Waals surface area contributed by atoms with Crippen LogP contribution in [0.2, 0.25) is 0 Å². The highest BCUT2D eigenvalue weighted by atomic mass is 32.1. The zero-order valence-electron chi connectivity index (χ0n) is 17.0. The van der Waals surface area contributed by atoms with Crippen LogP contribution in [0.3, 0.4) is 0 Å². The monoisotopic (exact) mass is 439 g/mol. The second-order valence-corrected chi connectivity index (χ2v) is 9.25. The van der Waals surface area contributed by atoms with Crippen LogP contribution < -0.4 is 15.5 Å². The summed E-state index contributed by atoms with van der Waals surface area (Å²) in [4.78, 5) is 23.0. The predicted molar refractivity (Wildman–Crippen MR) is 122 cm³/mol. The Balaban J connectivity index is 1.30. The summed E-state index contributed by atoms with van der Waals surface area (Å²) in [5.74, 6) is 1.45. The average molecular weight is 440 g/mol. The number of nitrogens with zero attached hydrogens (tertiary/aromatic N) is 3. The van der Waals surface area contributed by atoms with Crippen LogP contribution in [0, 0.1) is 0 Å². The maximum absolute atomic E-state index is 12.1. The molecule has 0 spiro atoms. The van der Waals surface area contributed by atoms with E-state index in [-0.39, 0.29) is 18.4 Å². The average Bonchev–Trinajstić information content (AvgIpc) is 3.30. The molecule has 1 atom stereocenters. The molecule has 2 fully saturated rings. The molecular weight excluding hydrogens is 414 g/mol. The summed E-state index contributed by atoms with van der Waals surface area (Å²) in [5.41, 5.74) is 1.63. The number of thiazole rings is 1. The van der Waals surface area contributed by atoms with Gasteiger partial charge in [-0.2, -0.15) is 0 Å². The molecule has 9 heteroatoms. The van der Waals surface area contributed by atoms with Crippen molar-refractivity contribution in [2.45, 2.75) is 50.4 Å². The second kappa shape index (κ2) is 8.41. The van der Waals surface area contributed by atoms with Crippen LogP contribution >= 0.6 is 11.3 Å². The molecule has 1 saturated heterocycles. The number of carbonyl (C=O) groups excluding carboxylic acids is 1. The first kappa shape index (κ1) is 20.2. The van der Waals surface area contributed by atoms with Crippen LogP contribution in [-0.2, 0) is 4.79 Å². The number of aliphatic hydroxyl groups is 2. The molecular formula is C22H25N5O3S. The molecule has 1 aromatic carbocycles. The van der Waals surface area contributed by atoms with E-state index in [9.17, 15) is 15.0 Å². The van der Waals surface area contributed by atoms with Crippen molar-refractivity contribution in [1.82, 2.24) is 9.97 Å². The number of rotatable bonds is 5. The first-order valence-electron chi connectivity index (χ1n) is 10.6. The summed E-state index contributed by atoms with van der Waals surface area (Å²) in [6.45, 7) is 0.331. The standard InChI is InChI=1S/C22H25N5O3S/c28-15-7-4-13(5-8-15)23-19-2-1-3-20(25-19)26-22-24-17-9-6-14(10-18(17)31-22)27-12-16(29)11-21(27)30/h1-3,6,9-10,13,15-16,28-29H,4-5,7-8,11-12H2,(H2,23,24,25,26)/t13?,15?,16-/m0/s1. The molecule has 0 unspecified atom stereocenters. The summed E-state index contributed by atoms with van der Waals surface area (Å²) < 4.78 is 0.962. The summed E-state index contributed by atoms with van der Waals surface area (Å²) >= 11 is 1.50. The Bertz CT molecular complexity index is 1100. The topological polar surface area (TPSA) is 111 Å². The Kier molecular flexibility index (Phi) is 5.47. The van der Waals surface area contributed by atoms with Crippen molar-refractivity contribution in [2.24, 2.45) is 0 Å². The van der Waals surface area contributed by atoms with E-state index in [1.165, 1.54) is 11.3 Å². The first-order valence-corrected chi connectivity index (χ1v) is 11.4. The zero-order valence-corrected chi connectivity index (χ0v) is 17.8. The lowest BCUT2D eigenvalue weighted by atomic mass is 9.93. The van der Waals surface area contributed by atoms with Crippen LogP contribution in [0.1, 0.15) is 32.1 Å². The van der Waals surface area contributed by atoms with E-state index < -0.39 is 6.10 Å². The Morgan fingerprint density at radius 3 is 2.58 bits per heavy atom. The number of anilines is 4. The maximum atomic E-state index is 12.1. The lowest BCUT2D eigenvalue weighted by molar-refractivity contribution is -0.117. The van der Waals surface area contributed by atoms with E-state index in [1.54, 1.807) is 4.90 Å². The molecule has 1 aliphatic heterocycles. The quantitative estimate of drug-likeness (QED) is 0.483. The number of aromatic nitrogens is 2. The van der Waals surface area contributed by atoms with Gasteiger partial charge < -0.3 is 25.7 Å². The van der Waals surface area contributed by atoms with Gasteiger partial charge in [0.1, 0.15) is 11.6 Å². The molecule has 31 heavy (non-hydrogen) atoms. The van der Waals surface area contributed by atoms with Crippen molar-refractivity contribution in [2.75, 3.05) is 22.1 Å². The maximum Gasteiger partial charge on any atom is 0.229 e. The van der Waals surface area contributed by atoms with Gasteiger partial charge in [-0.3, -0.25) is 4.79 Å². The van der Waals surface area contributed by atoms with Crippen molar-refractivity contribution in [3.63, 3.8) is 0 Å². The van der Waals surface area contributed by atoms with Gasteiger partial charge in [0.15, 0.2) is 5.13 Å². The van der Waals surface area contributed by atoms with Gasteiger partial charge in [-0.05, 0) is 56.0 Å². The Morgan fingerprint density at radius 2 is 1.81 bits per heavy atom. The fourth-order valence-corrected chi connectivity index (χ4v) is 5.10. The van der Waals surface area contributed by atoms with Gasteiger partial charge in [0.05, 0.1) is 35.4 Å². The molecule has 2 aromatic heterocycles. The van der Waals surface area contributed by atoms with Gasteiger partial charge in [-0.15, -0.1) is 0 Å². The molecule has 8 nitrogen and oxygen atoms in total. The molecule has 2 aliphatic rings. The number of pyridine rings is 1. The number of fused-ring (bicyclic) bond motifs is 1. The van der Waals surface area contributed by atoms with Crippen molar-refractivity contribution >= 4 is 49.9 Å².